The number of pyridine rings is 1. The number of benzene rings is 3. The van der Waals surface area contributed by atoms with Crippen LogP contribution < -0.4 is 15.5 Å². The van der Waals surface area contributed by atoms with E-state index in [0.29, 0.717) is 31.0 Å². The zero-order chi connectivity index (χ0) is 29.4. The molecule has 6 rings (SSSR count). The topological polar surface area (TPSA) is 103 Å². The van der Waals surface area contributed by atoms with Gasteiger partial charge in [-0.15, -0.1) is 0 Å². The van der Waals surface area contributed by atoms with E-state index in [1.807, 2.05) is 77.7 Å². The third-order valence-electron chi connectivity index (χ3n) is 7.29. The number of hydrogen-bond donors (Lipinski definition) is 2. The van der Waals surface area contributed by atoms with Gasteiger partial charge in [-0.3, -0.25) is 14.6 Å². The second-order valence-corrected chi connectivity index (χ2v) is 10.2. The molecule has 0 radical (unpaired) electrons. The Balaban J connectivity index is 1.03. The fourth-order valence-electron chi connectivity index (χ4n) is 5.01. The summed E-state index contributed by atoms with van der Waals surface area (Å²) in [6.07, 6.45) is 5.34. The molecule has 1 fully saturated rings. The van der Waals surface area contributed by atoms with Crippen LogP contribution in [0.5, 0.6) is 0 Å². The third kappa shape index (κ3) is 7.02. The summed E-state index contributed by atoms with van der Waals surface area (Å²) < 4.78 is 0. The molecule has 43 heavy (non-hydrogen) atoms. The molecule has 0 spiro atoms. The van der Waals surface area contributed by atoms with Gasteiger partial charge in [0.05, 0.1) is 17.7 Å². The number of amides is 2. The van der Waals surface area contributed by atoms with Crippen LogP contribution in [0.25, 0.3) is 11.3 Å². The SMILES string of the molecule is O=C(Cc1ccccc1)Nc1ccc(-c2ccnc(Nc3ccc(N4CCN(C(=O)c5cccnc5)CC4)cc3)n2)cc1. The van der Waals surface area contributed by atoms with Crippen LogP contribution in [0, 0.1) is 0 Å². The monoisotopic (exact) mass is 569 g/mol. The molecule has 0 aliphatic carbocycles. The van der Waals surface area contributed by atoms with Gasteiger partial charge in [-0.05, 0) is 60.2 Å². The zero-order valence-corrected chi connectivity index (χ0v) is 23.6. The highest BCUT2D eigenvalue weighted by molar-refractivity contribution is 5.94. The molecule has 1 saturated heterocycles. The van der Waals surface area contributed by atoms with Gasteiger partial charge in [-0.25, -0.2) is 9.97 Å². The number of carbonyl (C=O) groups excluding carboxylic acids is 2. The smallest absolute Gasteiger partial charge is 0.255 e. The summed E-state index contributed by atoms with van der Waals surface area (Å²) in [7, 11) is 0. The molecule has 1 aliphatic heterocycles. The highest BCUT2D eigenvalue weighted by atomic mass is 16.2. The first-order valence-electron chi connectivity index (χ1n) is 14.2. The lowest BCUT2D eigenvalue weighted by Crippen LogP contribution is -2.48. The number of anilines is 4. The predicted octanol–water partition coefficient (Wildman–Crippen LogP) is 5.43. The van der Waals surface area contributed by atoms with Crippen molar-refractivity contribution in [1.82, 2.24) is 19.9 Å². The Bertz CT molecular complexity index is 1670. The van der Waals surface area contributed by atoms with Crippen LogP contribution in [-0.4, -0.2) is 57.8 Å². The van der Waals surface area contributed by atoms with E-state index in [2.05, 4.69) is 42.6 Å². The van der Waals surface area contributed by atoms with Crippen molar-refractivity contribution in [3.63, 3.8) is 0 Å². The normalized spacial score (nSPS) is 12.9. The van der Waals surface area contributed by atoms with Crippen LogP contribution >= 0.6 is 0 Å². The van der Waals surface area contributed by atoms with Gasteiger partial charge in [0.2, 0.25) is 11.9 Å². The number of carbonyl (C=O) groups is 2. The molecule has 9 heteroatoms. The second-order valence-electron chi connectivity index (χ2n) is 10.2. The fourth-order valence-corrected chi connectivity index (χ4v) is 5.01. The van der Waals surface area contributed by atoms with Crippen molar-refractivity contribution in [2.24, 2.45) is 0 Å². The Hall–Kier alpha value is -5.57. The maximum absolute atomic E-state index is 12.7. The summed E-state index contributed by atoms with van der Waals surface area (Å²) in [6, 6.07) is 30.9. The predicted molar refractivity (Wildman–Crippen MR) is 168 cm³/mol. The van der Waals surface area contributed by atoms with Crippen molar-refractivity contribution in [2.45, 2.75) is 6.42 Å². The molecule has 0 unspecified atom stereocenters. The fraction of sp³-hybridized carbons (Fsp3) is 0.147. The summed E-state index contributed by atoms with van der Waals surface area (Å²) >= 11 is 0. The van der Waals surface area contributed by atoms with E-state index < -0.39 is 0 Å². The molecule has 2 amide bonds. The summed E-state index contributed by atoms with van der Waals surface area (Å²) in [4.78, 5) is 42.4. The molecule has 0 bridgehead atoms. The van der Waals surface area contributed by atoms with Gasteiger partial charge in [0.15, 0.2) is 0 Å². The molecule has 0 saturated carbocycles. The Morgan fingerprint density at radius 3 is 2.21 bits per heavy atom. The molecule has 214 valence electrons. The summed E-state index contributed by atoms with van der Waals surface area (Å²) in [5.41, 5.74) is 6.00. The van der Waals surface area contributed by atoms with E-state index in [0.717, 1.165) is 47.0 Å². The lowest BCUT2D eigenvalue weighted by atomic mass is 10.1. The second kappa shape index (κ2) is 12.9. The van der Waals surface area contributed by atoms with Gasteiger partial charge in [-0.1, -0.05) is 42.5 Å². The molecular weight excluding hydrogens is 538 g/mol. The maximum Gasteiger partial charge on any atom is 0.255 e. The molecule has 9 nitrogen and oxygen atoms in total. The third-order valence-corrected chi connectivity index (χ3v) is 7.29. The van der Waals surface area contributed by atoms with E-state index in [-0.39, 0.29) is 11.8 Å². The van der Waals surface area contributed by atoms with E-state index >= 15 is 0 Å². The Labute approximate surface area is 250 Å². The Morgan fingerprint density at radius 1 is 0.744 bits per heavy atom. The van der Waals surface area contributed by atoms with Crippen molar-refractivity contribution in [3.8, 4) is 11.3 Å². The number of aromatic nitrogens is 3. The lowest BCUT2D eigenvalue weighted by Gasteiger charge is -2.36. The molecule has 2 aromatic heterocycles. The maximum atomic E-state index is 12.7. The zero-order valence-electron chi connectivity index (χ0n) is 23.6. The van der Waals surface area contributed by atoms with Crippen LogP contribution in [0.15, 0.2) is 116 Å². The highest BCUT2D eigenvalue weighted by Crippen LogP contribution is 2.24. The molecule has 3 heterocycles. The minimum absolute atomic E-state index is 0.0241. The molecule has 0 atom stereocenters. The van der Waals surface area contributed by atoms with Crippen molar-refractivity contribution in [3.05, 3.63) is 127 Å². The molecule has 5 aromatic rings. The van der Waals surface area contributed by atoms with Gasteiger partial charge < -0.3 is 20.4 Å². The van der Waals surface area contributed by atoms with Crippen molar-refractivity contribution >= 4 is 34.8 Å². The molecule has 1 aliphatic rings. The lowest BCUT2D eigenvalue weighted by molar-refractivity contribution is -0.115. The first kappa shape index (κ1) is 27.6. The average Bonchev–Trinajstić information content (AvgIpc) is 3.06. The van der Waals surface area contributed by atoms with Crippen molar-refractivity contribution in [1.29, 1.82) is 0 Å². The van der Waals surface area contributed by atoms with Crippen molar-refractivity contribution in [2.75, 3.05) is 41.7 Å². The largest absolute Gasteiger partial charge is 0.368 e. The van der Waals surface area contributed by atoms with Gasteiger partial charge in [0.1, 0.15) is 0 Å². The molecule has 3 aromatic carbocycles. The van der Waals surface area contributed by atoms with Crippen molar-refractivity contribution < 1.29 is 9.59 Å². The minimum Gasteiger partial charge on any atom is -0.368 e. The summed E-state index contributed by atoms with van der Waals surface area (Å²) in [5.74, 6) is 0.459. The number of hydrogen-bond acceptors (Lipinski definition) is 7. The van der Waals surface area contributed by atoms with Gasteiger partial charge in [0, 0.05) is 67.4 Å². The summed E-state index contributed by atoms with van der Waals surface area (Å²) in [6.45, 7) is 2.85. The van der Waals surface area contributed by atoms with Crippen LogP contribution in [0.4, 0.5) is 23.0 Å². The van der Waals surface area contributed by atoms with E-state index in [1.54, 1.807) is 30.7 Å². The number of rotatable bonds is 8. The van der Waals surface area contributed by atoms with Crippen LogP contribution in [0.1, 0.15) is 15.9 Å². The Kier molecular flexibility index (Phi) is 8.31. The quantitative estimate of drug-likeness (QED) is 0.257. The number of piperazine rings is 1. The number of nitrogens with one attached hydrogen (secondary N) is 2. The van der Waals surface area contributed by atoms with Crippen LogP contribution in [0.2, 0.25) is 0 Å². The van der Waals surface area contributed by atoms with Gasteiger partial charge in [-0.2, -0.15) is 0 Å². The van der Waals surface area contributed by atoms with Gasteiger partial charge >= 0.3 is 0 Å². The summed E-state index contributed by atoms with van der Waals surface area (Å²) in [5, 5.41) is 6.24. The minimum atomic E-state index is -0.0586. The average molecular weight is 570 g/mol. The van der Waals surface area contributed by atoms with E-state index in [1.165, 1.54) is 0 Å². The molecular formula is C34H31N7O2. The van der Waals surface area contributed by atoms with Crippen LogP contribution in [-0.2, 0) is 11.2 Å². The first-order chi connectivity index (χ1) is 21.1. The standard InChI is InChI=1S/C34H31N7O2/c42-32(23-25-5-2-1-3-6-25)37-28-10-8-26(9-11-28)31-16-18-36-34(39-31)38-29-12-14-30(15-13-29)40-19-21-41(22-20-40)33(43)27-7-4-17-35-24-27/h1-18,24H,19-23H2,(H,37,42)(H,36,38,39). The van der Waals surface area contributed by atoms with E-state index in [4.69, 9.17) is 0 Å². The van der Waals surface area contributed by atoms with Crippen LogP contribution in [0.3, 0.4) is 0 Å². The molecule has 2 N–H and O–H groups in total. The number of nitrogens with zero attached hydrogens (tertiary/aromatic N) is 5. The van der Waals surface area contributed by atoms with Gasteiger partial charge in [0.25, 0.3) is 5.91 Å². The first-order valence-corrected chi connectivity index (χ1v) is 14.2. The van der Waals surface area contributed by atoms with E-state index in [9.17, 15) is 9.59 Å². The highest BCUT2D eigenvalue weighted by Gasteiger charge is 2.22. The Morgan fingerprint density at radius 2 is 1.49 bits per heavy atom.